The van der Waals surface area contributed by atoms with Gasteiger partial charge in [-0.2, -0.15) is 0 Å². The summed E-state index contributed by atoms with van der Waals surface area (Å²) in [4.78, 5) is 12.0. The maximum absolute atomic E-state index is 14.3. The number of ether oxygens (including phenoxy) is 3. The Labute approximate surface area is 156 Å². The highest BCUT2D eigenvalue weighted by molar-refractivity contribution is 7.85. The highest BCUT2D eigenvalue weighted by Gasteiger charge is 2.55. The van der Waals surface area contributed by atoms with Crippen molar-refractivity contribution in [3.05, 3.63) is 41.7 Å². The van der Waals surface area contributed by atoms with E-state index in [0.29, 0.717) is 12.0 Å². The maximum Gasteiger partial charge on any atom is 0.338 e. The number of halogens is 1. The summed E-state index contributed by atoms with van der Waals surface area (Å²) in [6.07, 6.45) is 2.07. The number of fused-ring (bicyclic) bond motifs is 2. The van der Waals surface area contributed by atoms with E-state index in [1.807, 2.05) is 0 Å². The van der Waals surface area contributed by atoms with Gasteiger partial charge in [0.2, 0.25) is 0 Å². The summed E-state index contributed by atoms with van der Waals surface area (Å²) in [6.45, 7) is 5.19. The van der Waals surface area contributed by atoms with Crippen LogP contribution in [0.5, 0.6) is 5.75 Å². The first-order valence-electron chi connectivity index (χ1n) is 8.51. The van der Waals surface area contributed by atoms with Crippen molar-refractivity contribution in [2.75, 3.05) is 12.4 Å². The fourth-order valence-electron chi connectivity index (χ4n) is 3.54. The molecule has 0 N–H and O–H groups in total. The molecule has 0 saturated carbocycles. The molecule has 2 bridgehead atoms. The average Bonchev–Trinajstić information content (AvgIpc) is 3.17. The van der Waals surface area contributed by atoms with E-state index in [2.05, 4.69) is 6.58 Å². The minimum atomic E-state index is -4.49. The second kappa shape index (κ2) is 7.21. The van der Waals surface area contributed by atoms with Gasteiger partial charge in [0.15, 0.2) is 17.2 Å². The number of esters is 1. The van der Waals surface area contributed by atoms with Crippen LogP contribution in [0.2, 0.25) is 0 Å². The highest BCUT2D eigenvalue weighted by atomic mass is 32.2. The van der Waals surface area contributed by atoms with Gasteiger partial charge in [-0.25, -0.2) is 17.6 Å². The molecule has 0 spiro atoms. The summed E-state index contributed by atoms with van der Waals surface area (Å²) in [5, 5.41) is 0. The van der Waals surface area contributed by atoms with E-state index < -0.39 is 39.9 Å². The third-order valence-electron chi connectivity index (χ3n) is 4.91. The molecule has 3 atom stereocenters. The number of carbonyl (C=O) groups excluding carboxylic acids is 1. The van der Waals surface area contributed by atoms with Gasteiger partial charge in [-0.1, -0.05) is 6.58 Å². The number of hydrogen-bond donors (Lipinski definition) is 0. The normalized spacial score (nSPS) is 26.8. The predicted molar refractivity (Wildman–Crippen MR) is 91.9 cm³/mol. The molecule has 7 nitrogen and oxygen atoms in total. The fourth-order valence-corrected chi connectivity index (χ4v) is 3.82. The SMILES string of the molecule is C=C(C)C1(Oc2cc(C(=O)OCCS(=O)(=O)[O-])ccc2F)CC2CCC1O2. The molecule has 0 aromatic heterocycles. The maximum atomic E-state index is 14.3. The summed E-state index contributed by atoms with van der Waals surface area (Å²) < 4.78 is 62.6. The van der Waals surface area contributed by atoms with Crippen molar-refractivity contribution in [1.29, 1.82) is 0 Å². The topological polar surface area (TPSA) is 102 Å². The van der Waals surface area contributed by atoms with Gasteiger partial charge in [-0.15, -0.1) is 0 Å². The first-order valence-corrected chi connectivity index (χ1v) is 10.1. The van der Waals surface area contributed by atoms with E-state index in [1.54, 1.807) is 6.92 Å². The van der Waals surface area contributed by atoms with Crippen LogP contribution >= 0.6 is 0 Å². The Morgan fingerprint density at radius 2 is 2.19 bits per heavy atom. The van der Waals surface area contributed by atoms with Crippen molar-refractivity contribution in [2.45, 2.75) is 44.0 Å². The summed E-state index contributed by atoms with van der Waals surface area (Å²) in [6, 6.07) is 3.46. The Bertz CT molecular complexity index is 866. The minimum Gasteiger partial charge on any atom is -0.748 e. The van der Waals surface area contributed by atoms with Gasteiger partial charge in [0.1, 0.15) is 12.7 Å². The van der Waals surface area contributed by atoms with Gasteiger partial charge in [0.05, 0.1) is 27.5 Å². The number of carbonyl (C=O) groups is 1. The molecule has 0 radical (unpaired) electrons. The monoisotopic (exact) mass is 399 g/mol. The van der Waals surface area contributed by atoms with Gasteiger partial charge in [-0.05, 0) is 43.5 Å². The third kappa shape index (κ3) is 4.15. The number of hydrogen-bond acceptors (Lipinski definition) is 7. The molecule has 2 aliphatic heterocycles. The molecule has 2 aliphatic rings. The zero-order chi connectivity index (χ0) is 19.8. The van der Waals surface area contributed by atoms with E-state index in [9.17, 15) is 22.2 Å². The van der Waals surface area contributed by atoms with Gasteiger partial charge in [0, 0.05) is 6.42 Å². The summed E-state index contributed by atoms with van der Waals surface area (Å²) in [7, 11) is -4.49. The lowest BCUT2D eigenvalue weighted by Crippen LogP contribution is -2.46. The summed E-state index contributed by atoms with van der Waals surface area (Å²) in [5.41, 5.74) is -0.165. The first-order chi connectivity index (χ1) is 12.6. The molecule has 27 heavy (non-hydrogen) atoms. The molecule has 1 aromatic rings. The molecule has 2 fully saturated rings. The smallest absolute Gasteiger partial charge is 0.338 e. The molecular formula is C18H20FO7S-. The van der Waals surface area contributed by atoms with Crippen molar-refractivity contribution in [2.24, 2.45) is 0 Å². The van der Waals surface area contributed by atoms with Crippen LogP contribution in [-0.2, 0) is 19.6 Å². The van der Waals surface area contributed by atoms with E-state index in [4.69, 9.17) is 14.2 Å². The zero-order valence-electron chi connectivity index (χ0n) is 14.8. The third-order valence-corrected chi connectivity index (χ3v) is 5.57. The Morgan fingerprint density at radius 3 is 2.74 bits per heavy atom. The predicted octanol–water partition coefficient (Wildman–Crippen LogP) is 2.17. The lowest BCUT2D eigenvalue weighted by molar-refractivity contribution is 0.0143. The van der Waals surface area contributed by atoms with E-state index >= 15 is 0 Å². The van der Waals surface area contributed by atoms with Crippen LogP contribution < -0.4 is 4.74 Å². The van der Waals surface area contributed by atoms with Gasteiger partial charge in [-0.3, -0.25) is 0 Å². The van der Waals surface area contributed by atoms with Gasteiger partial charge < -0.3 is 18.8 Å². The molecule has 0 amide bonds. The van der Waals surface area contributed by atoms with Crippen molar-refractivity contribution in [3.8, 4) is 5.75 Å². The van der Waals surface area contributed by atoms with Crippen molar-refractivity contribution in [1.82, 2.24) is 0 Å². The van der Waals surface area contributed by atoms with Crippen molar-refractivity contribution >= 4 is 16.1 Å². The molecule has 0 aliphatic carbocycles. The van der Waals surface area contributed by atoms with Crippen LogP contribution in [0.25, 0.3) is 0 Å². The lowest BCUT2D eigenvalue weighted by atomic mass is 9.80. The Kier molecular flexibility index (Phi) is 5.29. The van der Waals surface area contributed by atoms with Crippen LogP contribution in [0.1, 0.15) is 36.5 Å². The molecular weight excluding hydrogens is 379 g/mol. The summed E-state index contributed by atoms with van der Waals surface area (Å²) >= 11 is 0. The fraction of sp³-hybridized carbons (Fsp3) is 0.500. The van der Waals surface area contributed by atoms with Crippen molar-refractivity contribution in [3.63, 3.8) is 0 Å². The van der Waals surface area contributed by atoms with Crippen LogP contribution in [0, 0.1) is 5.82 Å². The van der Waals surface area contributed by atoms with Crippen LogP contribution in [0.3, 0.4) is 0 Å². The standard InChI is InChI=1S/C18H21FO7S/c1-11(2)18(10-13-4-6-16(18)25-13)26-15-9-12(3-5-14(15)19)17(20)24-7-8-27(21,22)23/h3,5,9,13,16H,1,4,6-8,10H2,2H3,(H,21,22,23)/p-1. The second-order valence-electron chi connectivity index (χ2n) is 6.84. The van der Waals surface area contributed by atoms with E-state index in [-0.39, 0.29) is 23.5 Å². The van der Waals surface area contributed by atoms with E-state index in [1.165, 1.54) is 12.1 Å². The molecule has 148 valence electrons. The van der Waals surface area contributed by atoms with Crippen LogP contribution in [0.15, 0.2) is 30.4 Å². The van der Waals surface area contributed by atoms with E-state index in [0.717, 1.165) is 18.9 Å². The number of rotatable bonds is 7. The lowest BCUT2D eigenvalue weighted by Gasteiger charge is -2.36. The average molecular weight is 399 g/mol. The number of benzene rings is 1. The zero-order valence-corrected chi connectivity index (χ0v) is 15.6. The largest absolute Gasteiger partial charge is 0.748 e. The summed E-state index contributed by atoms with van der Waals surface area (Å²) in [5.74, 6) is -2.50. The first kappa shape index (κ1) is 19.8. The molecule has 3 rings (SSSR count). The molecule has 1 aromatic carbocycles. The molecule has 2 heterocycles. The van der Waals surface area contributed by atoms with Crippen LogP contribution in [0.4, 0.5) is 4.39 Å². The van der Waals surface area contributed by atoms with Gasteiger partial charge >= 0.3 is 5.97 Å². The molecule has 3 unspecified atom stereocenters. The Morgan fingerprint density at radius 1 is 1.44 bits per heavy atom. The Hall–Kier alpha value is -1.97. The molecule has 2 saturated heterocycles. The minimum absolute atomic E-state index is 0.0179. The van der Waals surface area contributed by atoms with Gasteiger partial charge in [0.25, 0.3) is 0 Å². The molecule has 9 heteroatoms. The highest BCUT2D eigenvalue weighted by Crippen LogP contribution is 2.48. The van der Waals surface area contributed by atoms with Crippen LogP contribution in [-0.4, -0.2) is 49.1 Å². The Balaban J connectivity index is 1.77. The quantitative estimate of drug-likeness (QED) is 0.393. The van der Waals surface area contributed by atoms with Crippen molar-refractivity contribution < 1.29 is 36.4 Å². The second-order valence-corrected chi connectivity index (χ2v) is 8.37.